The number of halogens is 2. The number of nitrogens with zero attached hydrogens (tertiary/aromatic N) is 1. The summed E-state index contributed by atoms with van der Waals surface area (Å²) in [5, 5.41) is 0. The van der Waals surface area contributed by atoms with Crippen LogP contribution < -0.4 is 0 Å². The largest absolute Gasteiger partial charge is 0.295 e. The summed E-state index contributed by atoms with van der Waals surface area (Å²) >= 11 is 0. The average Bonchev–Trinajstić information content (AvgIpc) is 2.03. The Morgan fingerprint density at radius 3 is 2.15 bits per heavy atom. The number of hydrogen-bond donors (Lipinski definition) is 0. The highest BCUT2D eigenvalue weighted by atomic mass is 19.3. The van der Waals surface area contributed by atoms with Crippen LogP contribution in [0.5, 0.6) is 0 Å². The lowest BCUT2D eigenvalue weighted by molar-refractivity contribution is -0.0193. The monoisotopic (exact) mass is 191 g/mol. The maximum atomic E-state index is 12.6. The molecule has 0 bridgehead atoms. The third-order valence-electron chi connectivity index (χ3n) is 3.11. The minimum absolute atomic E-state index is 0.341. The summed E-state index contributed by atoms with van der Waals surface area (Å²) in [7, 11) is 1.83. The van der Waals surface area contributed by atoms with Gasteiger partial charge in [-0.3, -0.25) is 4.90 Å². The number of hydrogen-bond acceptors (Lipinski definition) is 1. The molecule has 3 heteroatoms. The van der Waals surface area contributed by atoms with Gasteiger partial charge in [0.1, 0.15) is 0 Å². The van der Waals surface area contributed by atoms with Gasteiger partial charge in [0.05, 0.1) is 6.04 Å². The van der Waals surface area contributed by atoms with E-state index in [9.17, 15) is 8.78 Å². The smallest absolute Gasteiger partial charge is 0.253 e. The van der Waals surface area contributed by atoms with Gasteiger partial charge in [-0.2, -0.15) is 0 Å². The molecule has 0 radical (unpaired) electrons. The first-order chi connectivity index (χ1) is 6.04. The molecule has 0 amide bonds. The molecule has 0 spiro atoms. The Labute approximate surface area is 79.1 Å². The van der Waals surface area contributed by atoms with Crippen molar-refractivity contribution in [3.8, 4) is 0 Å². The highest BCUT2D eigenvalue weighted by Gasteiger charge is 2.34. The Morgan fingerprint density at radius 1 is 1.15 bits per heavy atom. The van der Waals surface area contributed by atoms with E-state index in [1.807, 2.05) is 11.9 Å². The van der Waals surface area contributed by atoms with Crippen LogP contribution in [0.4, 0.5) is 8.78 Å². The summed E-state index contributed by atoms with van der Waals surface area (Å²) in [6.45, 7) is 4.21. The van der Waals surface area contributed by atoms with Gasteiger partial charge >= 0.3 is 0 Å². The van der Waals surface area contributed by atoms with E-state index in [1.165, 1.54) is 0 Å². The molecule has 1 fully saturated rings. The van der Waals surface area contributed by atoms with Gasteiger partial charge in [0.25, 0.3) is 6.43 Å². The van der Waals surface area contributed by atoms with E-state index >= 15 is 0 Å². The zero-order valence-electron chi connectivity index (χ0n) is 8.63. The molecule has 1 nitrogen and oxygen atoms in total. The van der Waals surface area contributed by atoms with Gasteiger partial charge < -0.3 is 0 Å². The first kappa shape index (κ1) is 10.9. The Balaban J connectivity index is 2.60. The summed E-state index contributed by atoms with van der Waals surface area (Å²) in [4.78, 5) is 1.87. The van der Waals surface area contributed by atoms with Crippen LogP contribution in [0.25, 0.3) is 0 Å². The molecule has 1 rings (SSSR count). The molecular weight excluding hydrogens is 172 g/mol. The number of likely N-dealkylation sites (tertiary alicyclic amines) is 1. The lowest BCUT2D eigenvalue weighted by Crippen LogP contribution is -2.49. The summed E-state index contributed by atoms with van der Waals surface area (Å²) in [6.07, 6.45) is 0.475. The van der Waals surface area contributed by atoms with Crippen molar-refractivity contribution in [3.63, 3.8) is 0 Å². The quantitative estimate of drug-likeness (QED) is 0.648. The topological polar surface area (TPSA) is 3.24 Å². The molecule has 0 saturated carbocycles. The SMILES string of the molecule is CC(C)C1CCCC(C(F)F)N1C. The van der Waals surface area contributed by atoms with Crippen molar-refractivity contribution in [2.75, 3.05) is 7.05 Å². The van der Waals surface area contributed by atoms with Crippen molar-refractivity contribution in [1.82, 2.24) is 4.90 Å². The second-order valence-electron chi connectivity index (χ2n) is 4.31. The number of alkyl halides is 2. The fraction of sp³-hybridized carbons (Fsp3) is 1.00. The van der Waals surface area contributed by atoms with Crippen LogP contribution in [0.1, 0.15) is 33.1 Å². The van der Waals surface area contributed by atoms with Crippen LogP contribution in [-0.2, 0) is 0 Å². The van der Waals surface area contributed by atoms with E-state index in [1.54, 1.807) is 0 Å². The summed E-state index contributed by atoms with van der Waals surface area (Å²) in [6, 6.07) is -0.172. The Hall–Kier alpha value is -0.180. The highest BCUT2D eigenvalue weighted by molar-refractivity contribution is 4.85. The second kappa shape index (κ2) is 4.36. The minimum atomic E-state index is -2.19. The third-order valence-corrected chi connectivity index (χ3v) is 3.11. The molecule has 1 aliphatic heterocycles. The first-order valence-corrected chi connectivity index (χ1v) is 5.04. The molecule has 2 unspecified atom stereocenters. The minimum Gasteiger partial charge on any atom is -0.295 e. The Kier molecular flexibility index (Phi) is 3.65. The van der Waals surface area contributed by atoms with Gasteiger partial charge in [-0.25, -0.2) is 8.78 Å². The van der Waals surface area contributed by atoms with E-state index in [2.05, 4.69) is 13.8 Å². The van der Waals surface area contributed by atoms with Crippen LogP contribution in [-0.4, -0.2) is 30.5 Å². The molecule has 0 aromatic carbocycles. The number of rotatable bonds is 2. The molecule has 0 aliphatic carbocycles. The molecule has 2 atom stereocenters. The van der Waals surface area contributed by atoms with Gasteiger partial charge in [-0.05, 0) is 25.8 Å². The molecule has 1 aliphatic rings. The maximum absolute atomic E-state index is 12.6. The van der Waals surface area contributed by atoms with Gasteiger partial charge in [0.2, 0.25) is 0 Å². The lowest BCUT2D eigenvalue weighted by atomic mass is 9.89. The van der Waals surface area contributed by atoms with Crippen LogP contribution in [0.2, 0.25) is 0 Å². The average molecular weight is 191 g/mol. The van der Waals surface area contributed by atoms with Crippen molar-refractivity contribution in [1.29, 1.82) is 0 Å². The van der Waals surface area contributed by atoms with Crippen molar-refractivity contribution >= 4 is 0 Å². The fourth-order valence-corrected chi connectivity index (χ4v) is 2.30. The van der Waals surface area contributed by atoms with E-state index in [-0.39, 0.29) is 0 Å². The van der Waals surface area contributed by atoms with E-state index < -0.39 is 12.5 Å². The lowest BCUT2D eigenvalue weighted by Gasteiger charge is -2.41. The maximum Gasteiger partial charge on any atom is 0.253 e. The third kappa shape index (κ3) is 2.39. The van der Waals surface area contributed by atoms with Gasteiger partial charge in [0.15, 0.2) is 0 Å². The van der Waals surface area contributed by atoms with Crippen LogP contribution >= 0.6 is 0 Å². The molecule has 13 heavy (non-hydrogen) atoms. The molecule has 1 heterocycles. The molecule has 0 aromatic heterocycles. The van der Waals surface area contributed by atoms with Crippen molar-refractivity contribution in [2.45, 2.75) is 51.6 Å². The summed E-state index contributed by atoms with van der Waals surface area (Å²) in [5.74, 6) is 0.478. The normalized spacial score (nSPS) is 31.6. The highest BCUT2D eigenvalue weighted by Crippen LogP contribution is 2.28. The summed E-state index contributed by atoms with van der Waals surface area (Å²) in [5.41, 5.74) is 0. The zero-order valence-corrected chi connectivity index (χ0v) is 8.63. The fourth-order valence-electron chi connectivity index (χ4n) is 2.30. The Bertz CT molecular complexity index is 143. The van der Waals surface area contributed by atoms with Gasteiger partial charge in [0, 0.05) is 6.04 Å². The number of piperidine rings is 1. The molecule has 78 valence electrons. The summed E-state index contributed by atoms with van der Waals surface area (Å²) < 4.78 is 25.1. The van der Waals surface area contributed by atoms with E-state index in [0.717, 1.165) is 12.8 Å². The van der Waals surface area contributed by atoms with E-state index in [0.29, 0.717) is 18.4 Å². The standard InChI is InChI=1S/C10H19F2N/c1-7(2)8-5-4-6-9(10(11)12)13(8)3/h7-10H,4-6H2,1-3H3. The van der Waals surface area contributed by atoms with Gasteiger partial charge in [-0.1, -0.05) is 20.3 Å². The van der Waals surface area contributed by atoms with Crippen molar-refractivity contribution in [3.05, 3.63) is 0 Å². The van der Waals surface area contributed by atoms with Gasteiger partial charge in [-0.15, -0.1) is 0 Å². The van der Waals surface area contributed by atoms with E-state index in [4.69, 9.17) is 0 Å². The Morgan fingerprint density at radius 2 is 1.69 bits per heavy atom. The van der Waals surface area contributed by atoms with Crippen molar-refractivity contribution in [2.24, 2.45) is 5.92 Å². The van der Waals surface area contributed by atoms with Crippen LogP contribution in [0.3, 0.4) is 0 Å². The first-order valence-electron chi connectivity index (χ1n) is 5.04. The molecule has 0 aromatic rings. The van der Waals surface area contributed by atoms with Crippen LogP contribution in [0.15, 0.2) is 0 Å². The van der Waals surface area contributed by atoms with Crippen molar-refractivity contribution < 1.29 is 8.78 Å². The molecule has 0 N–H and O–H groups in total. The predicted octanol–water partition coefficient (Wildman–Crippen LogP) is 2.76. The second-order valence-corrected chi connectivity index (χ2v) is 4.31. The molecule has 1 saturated heterocycles. The molecular formula is C10H19F2N. The van der Waals surface area contributed by atoms with Crippen LogP contribution in [0, 0.1) is 5.92 Å². The zero-order chi connectivity index (χ0) is 10.0. The predicted molar refractivity (Wildman–Crippen MR) is 50.0 cm³/mol.